The summed E-state index contributed by atoms with van der Waals surface area (Å²) in [6.45, 7) is 0. The standard InChI is InChI=1S/C7H11O3/c8-4-5-1-2-6(9)3-7(5)10/h5-7,9-10H,1-3H2. The second-order valence-electron chi connectivity index (χ2n) is 2.76. The third kappa shape index (κ3) is 1.55. The molecule has 0 aromatic rings. The molecular formula is C7H11O3. The summed E-state index contributed by atoms with van der Waals surface area (Å²) in [6, 6.07) is 0. The molecule has 2 N–H and O–H groups in total. The van der Waals surface area contributed by atoms with Crippen molar-refractivity contribution in [3.8, 4) is 0 Å². The monoisotopic (exact) mass is 143 g/mol. The van der Waals surface area contributed by atoms with Crippen molar-refractivity contribution < 1.29 is 15.0 Å². The Morgan fingerprint density at radius 2 is 2.00 bits per heavy atom. The lowest BCUT2D eigenvalue weighted by Crippen LogP contribution is -2.32. The lowest BCUT2D eigenvalue weighted by atomic mass is 9.86. The predicted molar refractivity (Wildman–Crippen MR) is 35.0 cm³/mol. The molecule has 1 aliphatic carbocycles. The van der Waals surface area contributed by atoms with Gasteiger partial charge in [-0.2, -0.15) is 0 Å². The molecule has 3 atom stereocenters. The first-order valence-corrected chi connectivity index (χ1v) is 3.48. The van der Waals surface area contributed by atoms with Crippen LogP contribution in [0.2, 0.25) is 0 Å². The first-order chi connectivity index (χ1) is 4.74. The summed E-state index contributed by atoms with van der Waals surface area (Å²) >= 11 is 0. The van der Waals surface area contributed by atoms with E-state index >= 15 is 0 Å². The van der Waals surface area contributed by atoms with Gasteiger partial charge in [-0.25, -0.2) is 0 Å². The number of hydrogen-bond acceptors (Lipinski definition) is 3. The molecule has 0 bridgehead atoms. The van der Waals surface area contributed by atoms with Gasteiger partial charge in [0, 0.05) is 0 Å². The van der Waals surface area contributed by atoms with Gasteiger partial charge < -0.3 is 10.2 Å². The zero-order valence-corrected chi connectivity index (χ0v) is 5.66. The van der Waals surface area contributed by atoms with Gasteiger partial charge in [0.15, 0.2) is 0 Å². The molecule has 0 saturated heterocycles. The van der Waals surface area contributed by atoms with Gasteiger partial charge in [-0.1, -0.05) is 0 Å². The predicted octanol–water partition coefficient (Wildman–Crippen LogP) is -0.382. The van der Waals surface area contributed by atoms with Crippen LogP contribution in [0.4, 0.5) is 0 Å². The van der Waals surface area contributed by atoms with Crippen LogP contribution < -0.4 is 0 Å². The Labute approximate surface area is 59.7 Å². The molecule has 0 aromatic heterocycles. The van der Waals surface area contributed by atoms with E-state index in [2.05, 4.69) is 0 Å². The van der Waals surface area contributed by atoms with Crippen molar-refractivity contribution in [2.45, 2.75) is 31.5 Å². The van der Waals surface area contributed by atoms with Crippen molar-refractivity contribution >= 4 is 6.29 Å². The molecule has 57 valence electrons. The van der Waals surface area contributed by atoms with E-state index in [1.807, 2.05) is 0 Å². The zero-order chi connectivity index (χ0) is 7.56. The third-order valence-electron chi connectivity index (χ3n) is 1.94. The highest BCUT2D eigenvalue weighted by Crippen LogP contribution is 2.22. The van der Waals surface area contributed by atoms with Gasteiger partial charge in [0.2, 0.25) is 6.29 Å². The fraction of sp³-hybridized carbons (Fsp3) is 0.857. The molecule has 3 heteroatoms. The summed E-state index contributed by atoms with van der Waals surface area (Å²) in [5.74, 6) is -0.372. The Morgan fingerprint density at radius 1 is 1.30 bits per heavy atom. The summed E-state index contributed by atoms with van der Waals surface area (Å²) < 4.78 is 0. The van der Waals surface area contributed by atoms with Gasteiger partial charge in [0.1, 0.15) is 0 Å². The number of carbonyl (C=O) groups excluding carboxylic acids is 1. The lowest BCUT2D eigenvalue weighted by molar-refractivity contribution is 0.0212. The molecule has 3 nitrogen and oxygen atoms in total. The van der Waals surface area contributed by atoms with Crippen molar-refractivity contribution in [2.75, 3.05) is 0 Å². The molecule has 10 heavy (non-hydrogen) atoms. The molecule has 0 spiro atoms. The van der Waals surface area contributed by atoms with Gasteiger partial charge in [-0.3, -0.25) is 4.79 Å². The molecule has 1 rings (SSSR count). The van der Waals surface area contributed by atoms with E-state index in [0.29, 0.717) is 19.3 Å². The van der Waals surface area contributed by atoms with Crippen LogP contribution in [0.3, 0.4) is 0 Å². The first-order valence-electron chi connectivity index (χ1n) is 3.48. The van der Waals surface area contributed by atoms with E-state index in [1.165, 1.54) is 0 Å². The van der Waals surface area contributed by atoms with Crippen LogP contribution in [-0.2, 0) is 4.79 Å². The molecule has 1 saturated carbocycles. The van der Waals surface area contributed by atoms with Gasteiger partial charge in [0.05, 0.1) is 18.1 Å². The highest BCUT2D eigenvalue weighted by molar-refractivity contribution is 5.55. The minimum absolute atomic E-state index is 0.319. The quantitative estimate of drug-likeness (QED) is 0.526. The summed E-state index contributed by atoms with van der Waals surface area (Å²) in [6.07, 6.45) is 2.14. The number of hydrogen-bond donors (Lipinski definition) is 2. The number of rotatable bonds is 1. The SMILES string of the molecule is O=[C]C1CCC(O)CC1O. The van der Waals surface area contributed by atoms with Crippen molar-refractivity contribution in [1.82, 2.24) is 0 Å². The van der Waals surface area contributed by atoms with Crippen molar-refractivity contribution in [1.29, 1.82) is 0 Å². The molecule has 0 heterocycles. The Balaban J connectivity index is 2.43. The van der Waals surface area contributed by atoms with E-state index in [0.717, 1.165) is 0 Å². The van der Waals surface area contributed by atoms with E-state index in [-0.39, 0.29) is 5.92 Å². The number of aliphatic hydroxyl groups is 2. The fourth-order valence-corrected chi connectivity index (χ4v) is 1.26. The van der Waals surface area contributed by atoms with E-state index in [9.17, 15) is 4.79 Å². The first kappa shape index (κ1) is 7.69. The van der Waals surface area contributed by atoms with Crippen molar-refractivity contribution in [3.05, 3.63) is 0 Å². The summed E-state index contributed by atoms with van der Waals surface area (Å²) in [5.41, 5.74) is 0. The van der Waals surface area contributed by atoms with Gasteiger partial charge in [0.25, 0.3) is 0 Å². The second kappa shape index (κ2) is 3.12. The van der Waals surface area contributed by atoms with Gasteiger partial charge in [-0.05, 0) is 19.3 Å². The highest BCUT2D eigenvalue weighted by Gasteiger charge is 2.27. The van der Waals surface area contributed by atoms with Crippen LogP contribution in [0.5, 0.6) is 0 Å². The third-order valence-corrected chi connectivity index (χ3v) is 1.94. The van der Waals surface area contributed by atoms with Crippen molar-refractivity contribution in [2.24, 2.45) is 5.92 Å². The molecular weight excluding hydrogens is 132 g/mol. The molecule has 0 aliphatic heterocycles. The second-order valence-corrected chi connectivity index (χ2v) is 2.76. The van der Waals surface area contributed by atoms with E-state index < -0.39 is 12.2 Å². The average Bonchev–Trinajstić information content (AvgIpc) is 1.88. The maximum atomic E-state index is 10.1. The molecule has 1 fully saturated rings. The lowest BCUT2D eigenvalue weighted by Gasteiger charge is -2.25. The molecule has 0 amide bonds. The molecule has 0 aromatic carbocycles. The summed E-state index contributed by atoms with van der Waals surface area (Å²) in [5, 5.41) is 18.1. The van der Waals surface area contributed by atoms with Gasteiger partial charge >= 0.3 is 0 Å². The Bertz CT molecular complexity index is 124. The highest BCUT2D eigenvalue weighted by atomic mass is 16.3. The molecule has 3 unspecified atom stereocenters. The van der Waals surface area contributed by atoms with Crippen LogP contribution >= 0.6 is 0 Å². The smallest absolute Gasteiger partial charge is 0.204 e. The number of aliphatic hydroxyl groups excluding tert-OH is 2. The average molecular weight is 143 g/mol. The van der Waals surface area contributed by atoms with Gasteiger partial charge in [-0.15, -0.1) is 0 Å². The van der Waals surface area contributed by atoms with E-state index in [4.69, 9.17) is 10.2 Å². The minimum atomic E-state index is -0.679. The van der Waals surface area contributed by atoms with Crippen LogP contribution in [0.15, 0.2) is 0 Å². The minimum Gasteiger partial charge on any atom is -0.393 e. The van der Waals surface area contributed by atoms with Crippen LogP contribution in [0.25, 0.3) is 0 Å². The summed E-state index contributed by atoms with van der Waals surface area (Å²) in [7, 11) is 0. The summed E-state index contributed by atoms with van der Waals surface area (Å²) in [4.78, 5) is 10.1. The van der Waals surface area contributed by atoms with Crippen LogP contribution in [0.1, 0.15) is 19.3 Å². The zero-order valence-electron chi connectivity index (χ0n) is 5.66. The van der Waals surface area contributed by atoms with E-state index in [1.54, 1.807) is 6.29 Å². The largest absolute Gasteiger partial charge is 0.393 e. The normalized spacial score (nSPS) is 41.2. The Kier molecular flexibility index (Phi) is 2.40. The topological polar surface area (TPSA) is 57.5 Å². The Morgan fingerprint density at radius 3 is 2.50 bits per heavy atom. The van der Waals surface area contributed by atoms with Crippen molar-refractivity contribution in [3.63, 3.8) is 0 Å². The Hall–Kier alpha value is -0.410. The van der Waals surface area contributed by atoms with Crippen LogP contribution in [-0.4, -0.2) is 28.7 Å². The maximum absolute atomic E-state index is 10.1. The molecule has 1 aliphatic rings. The fourth-order valence-electron chi connectivity index (χ4n) is 1.26. The molecule has 1 radical (unpaired) electrons. The maximum Gasteiger partial charge on any atom is 0.204 e. The van der Waals surface area contributed by atoms with Crippen LogP contribution in [0, 0.1) is 5.92 Å².